The van der Waals surface area contributed by atoms with Crippen LogP contribution in [0.15, 0.2) is 36.7 Å². The van der Waals surface area contributed by atoms with Crippen molar-refractivity contribution in [1.29, 1.82) is 0 Å². The monoisotopic (exact) mass is 301 g/mol. The fraction of sp³-hybridized carbons (Fsp3) is 0.200. The Hall–Kier alpha value is -2.96. The van der Waals surface area contributed by atoms with E-state index < -0.39 is 11.9 Å². The Morgan fingerprint density at radius 2 is 1.82 bits per heavy atom. The third-order valence-corrected chi connectivity index (χ3v) is 2.74. The van der Waals surface area contributed by atoms with Crippen molar-refractivity contribution in [1.82, 2.24) is 9.97 Å². The molecule has 2 rings (SSSR count). The number of nitrogens with one attached hydrogen (secondary N) is 1. The van der Waals surface area contributed by atoms with Crippen molar-refractivity contribution in [3.05, 3.63) is 48.0 Å². The van der Waals surface area contributed by atoms with Crippen LogP contribution in [-0.2, 0) is 4.74 Å². The van der Waals surface area contributed by atoms with Crippen LogP contribution in [-0.4, -0.2) is 35.6 Å². The second kappa shape index (κ2) is 7.16. The van der Waals surface area contributed by atoms with Gasteiger partial charge >= 0.3 is 5.97 Å². The number of rotatable bonds is 5. The summed E-state index contributed by atoms with van der Waals surface area (Å²) in [5.74, 6) is -0.765. The predicted molar refractivity (Wildman–Crippen MR) is 78.9 cm³/mol. The number of carbonyl (C=O) groups excluding carboxylic acids is 2. The van der Waals surface area contributed by atoms with Crippen molar-refractivity contribution >= 4 is 17.6 Å². The number of benzene rings is 1. The molecule has 0 atom stereocenters. The lowest BCUT2D eigenvalue weighted by Gasteiger charge is -2.10. The Morgan fingerprint density at radius 3 is 2.50 bits per heavy atom. The molecule has 7 nitrogen and oxygen atoms in total. The molecule has 7 heteroatoms. The van der Waals surface area contributed by atoms with Gasteiger partial charge in [-0.15, -0.1) is 0 Å². The molecular formula is C15H15N3O4. The van der Waals surface area contributed by atoms with Crippen LogP contribution in [0.5, 0.6) is 5.75 Å². The van der Waals surface area contributed by atoms with Gasteiger partial charge < -0.3 is 14.8 Å². The first-order valence-electron chi connectivity index (χ1n) is 6.59. The fourth-order valence-corrected chi connectivity index (χ4v) is 1.78. The minimum Gasteiger partial charge on any atom is -0.495 e. The van der Waals surface area contributed by atoms with Crippen LogP contribution >= 0.6 is 0 Å². The van der Waals surface area contributed by atoms with Crippen LogP contribution in [0.2, 0.25) is 0 Å². The van der Waals surface area contributed by atoms with Crippen molar-refractivity contribution in [2.24, 2.45) is 0 Å². The number of nitrogens with zero attached hydrogens (tertiary/aromatic N) is 2. The first-order chi connectivity index (χ1) is 10.7. The smallest absolute Gasteiger partial charge is 0.359 e. The SMILES string of the molecule is CCOC(=O)c1nccnc1C(=O)Nc1ccccc1OC. The number of para-hydroxylation sites is 2. The maximum absolute atomic E-state index is 12.3. The third-order valence-electron chi connectivity index (χ3n) is 2.74. The number of hydrogen-bond acceptors (Lipinski definition) is 6. The zero-order valence-electron chi connectivity index (χ0n) is 12.2. The first kappa shape index (κ1) is 15.4. The molecule has 0 aliphatic carbocycles. The second-order valence-corrected chi connectivity index (χ2v) is 4.13. The van der Waals surface area contributed by atoms with Gasteiger partial charge in [0.2, 0.25) is 0 Å². The molecule has 0 aliphatic heterocycles. The zero-order valence-corrected chi connectivity index (χ0v) is 12.2. The summed E-state index contributed by atoms with van der Waals surface area (Å²) in [4.78, 5) is 31.9. The molecule has 0 unspecified atom stereocenters. The van der Waals surface area contributed by atoms with E-state index in [1.54, 1.807) is 31.2 Å². The fourth-order valence-electron chi connectivity index (χ4n) is 1.78. The van der Waals surface area contributed by atoms with E-state index in [4.69, 9.17) is 9.47 Å². The van der Waals surface area contributed by atoms with Crippen LogP contribution in [0.25, 0.3) is 0 Å². The Bertz CT molecular complexity index is 688. The molecule has 1 amide bonds. The maximum Gasteiger partial charge on any atom is 0.359 e. The molecule has 0 saturated carbocycles. The van der Waals surface area contributed by atoms with Crippen molar-refractivity contribution in [3.63, 3.8) is 0 Å². The summed E-state index contributed by atoms with van der Waals surface area (Å²) in [5, 5.41) is 2.64. The Labute approximate surface area is 127 Å². The summed E-state index contributed by atoms with van der Waals surface area (Å²) in [7, 11) is 1.50. The van der Waals surface area contributed by atoms with Crippen LogP contribution in [0.3, 0.4) is 0 Å². The summed E-state index contributed by atoms with van der Waals surface area (Å²) in [6.07, 6.45) is 2.66. The standard InChI is InChI=1S/C15H15N3O4/c1-3-22-15(20)13-12(16-8-9-17-13)14(19)18-10-6-4-5-7-11(10)21-2/h4-9H,3H2,1-2H3,(H,18,19). The van der Waals surface area contributed by atoms with Gasteiger partial charge in [-0.05, 0) is 19.1 Å². The summed E-state index contributed by atoms with van der Waals surface area (Å²) in [6, 6.07) is 6.91. The number of ether oxygens (including phenoxy) is 2. The number of esters is 1. The van der Waals surface area contributed by atoms with Crippen molar-refractivity contribution < 1.29 is 19.1 Å². The van der Waals surface area contributed by atoms with Crippen molar-refractivity contribution in [2.75, 3.05) is 19.0 Å². The van der Waals surface area contributed by atoms with Gasteiger partial charge in [0.1, 0.15) is 5.75 Å². The van der Waals surface area contributed by atoms with E-state index in [1.165, 1.54) is 19.5 Å². The molecule has 1 heterocycles. The van der Waals surface area contributed by atoms with Gasteiger partial charge in [0, 0.05) is 12.4 Å². The summed E-state index contributed by atoms with van der Waals surface area (Å²) >= 11 is 0. The van der Waals surface area contributed by atoms with Crippen LogP contribution in [0, 0.1) is 0 Å². The normalized spacial score (nSPS) is 9.91. The molecule has 2 aromatic rings. The molecule has 22 heavy (non-hydrogen) atoms. The van der Waals surface area contributed by atoms with Gasteiger partial charge in [-0.1, -0.05) is 12.1 Å². The Kier molecular flexibility index (Phi) is 5.02. The highest BCUT2D eigenvalue weighted by Crippen LogP contribution is 2.23. The minimum atomic E-state index is -0.694. The lowest BCUT2D eigenvalue weighted by atomic mass is 10.2. The van der Waals surface area contributed by atoms with Gasteiger partial charge in [-0.25, -0.2) is 14.8 Å². The number of hydrogen-bond donors (Lipinski definition) is 1. The quantitative estimate of drug-likeness (QED) is 0.848. The molecule has 0 aliphatic rings. The first-order valence-corrected chi connectivity index (χ1v) is 6.59. The number of amides is 1. The molecule has 0 bridgehead atoms. The van der Waals surface area contributed by atoms with Gasteiger partial charge in [0.25, 0.3) is 5.91 Å². The van der Waals surface area contributed by atoms with Crippen LogP contribution in [0.4, 0.5) is 5.69 Å². The van der Waals surface area contributed by atoms with Gasteiger partial charge in [0.15, 0.2) is 11.4 Å². The molecular weight excluding hydrogens is 286 g/mol. The molecule has 0 spiro atoms. The molecule has 1 aromatic carbocycles. The number of methoxy groups -OCH3 is 1. The molecule has 0 radical (unpaired) electrons. The summed E-state index contributed by atoms with van der Waals surface area (Å²) in [5.41, 5.74) is 0.235. The van der Waals surface area contributed by atoms with Gasteiger partial charge in [0.05, 0.1) is 19.4 Å². The molecule has 1 aromatic heterocycles. The number of aromatic nitrogens is 2. The number of anilines is 1. The van der Waals surface area contributed by atoms with E-state index in [1.807, 2.05) is 0 Å². The van der Waals surface area contributed by atoms with E-state index in [2.05, 4.69) is 15.3 Å². The molecule has 0 fully saturated rings. The van der Waals surface area contributed by atoms with E-state index >= 15 is 0 Å². The maximum atomic E-state index is 12.3. The number of carbonyl (C=O) groups is 2. The molecule has 1 N–H and O–H groups in total. The van der Waals surface area contributed by atoms with Crippen LogP contribution in [0.1, 0.15) is 27.9 Å². The largest absolute Gasteiger partial charge is 0.495 e. The lowest BCUT2D eigenvalue weighted by molar-refractivity contribution is 0.0515. The highest BCUT2D eigenvalue weighted by molar-refractivity contribution is 6.09. The zero-order chi connectivity index (χ0) is 15.9. The minimum absolute atomic E-state index is 0.105. The highest BCUT2D eigenvalue weighted by atomic mass is 16.5. The Balaban J connectivity index is 2.28. The van der Waals surface area contributed by atoms with Crippen molar-refractivity contribution in [2.45, 2.75) is 6.92 Å². The van der Waals surface area contributed by atoms with E-state index in [-0.39, 0.29) is 18.0 Å². The average molecular weight is 301 g/mol. The lowest BCUT2D eigenvalue weighted by Crippen LogP contribution is -2.21. The Morgan fingerprint density at radius 1 is 1.14 bits per heavy atom. The molecule has 0 saturated heterocycles. The topological polar surface area (TPSA) is 90.4 Å². The summed E-state index contributed by atoms with van der Waals surface area (Å²) in [6.45, 7) is 1.85. The summed E-state index contributed by atoms with van der Waals surface area (Å²) < 4.78 is 10.0. The van der Waals surface area contributed by atoms with Crippen molar-refractivity contribution in [3.8, 4) is 5.75 Å². The van der Waals surface area contributed by atoms with E-state index in [0.29, 0.717) is 11.4 Å². The molecule has 114 valence electrons. The second-order valence-electron chi connectivity index (χ2n) is 4.13. The highest BCUT2D eigenvalue weighted by Gasteiger charge is 2.21. The predicted octanol–water partition coefficient (Wildman–Crippen LogP) is 1.91. The third kappa shape index (κ3) is 3.38. The van der Waals surface area contributed by atoms with E-state index in [0.717, 1.165) is 0 Å². The van der Waals surface area contributed by atoms with Gasteiger partial charge in [-0.2, -0.15) is 0 Å². The van der Waals surface area contributed by atoms with E-state index in [9.17, 15) is 9.59 Å². The van der Waals surface area contributed by atoms with Gasteiger partial charge in [-0.3, -0.25) is 4.79 Å². The van der Waals surface area contributed by atoms with Crippen LogP contribution < -0.4 is 10.1 Å². The average Bonchev–Trinajstić information content (AvgIpc) is 2.55.